The highest BCUT2D eigenvalue weighted by molar-refractivity contribution is 6.00. The van der Waals surface area contributed by atoms with Gasteiger partial charge >= 0.3 is 0 Å². The lowest BCUT2D eigenvalue weighted by Gasteiger charge is -2.42. The Hall–Kier alpha value is -3.50. The molecule has 0 bridgehead atoms. The lowest BCUT2D eigenvalue weighted by atomic mass is 9.84. The number of anilines is 1. The largest absolute Gasteiger partial charge is 0.474 e. The van der Waals surface area contributed by atoms with Crippen molar-refractivity contribution in [1.82, 2.24) is 19.4 Å². The summed E-state index contributed by atoms with van der Waals surface area (Å²) >= 11 is 0. The van der Waals surface area contributed by atoms with E-state index in [4.69, 9.17) is 14.7 Å². The fourth-order valence-electron chi connectivity index (χ4n) is 5.24. The molecule has 2 aromatic heterocycles. The molecule has 0 saturated heterocycles. The van der Waals surface area contributed by atoms with Crippen LogP contribution in [0.2, 0.25) is 0 Å². The molecular formula is C29H36FN5O4. The Morgan fingerprint density at radius 3 is 2.46 bits per heavy atom. The van der Waals surface area contributed by atoms with E-state index >= 15 is 0 Å². The number of halogens is 1. The van der Waals surface area contributed by atoms with Gasteiger partial charge in [0, 0.05) is 37.4 Å². The number of hydrogen-bond acceptors (Lipinski definition) is 7. The summed E-state index contributed by atoms with van der Waals surface area (Å²) in [5, 5.41) is 20.6. The molecule has 2 N–H and O–H groups in total. The molecule has 208 valence electrons. The van der Waals surface area contributed by atoms with Gasteiger partial charge in [-0.2, -0.15) is 0 Å². The SMILES string of the molecule is Cc1nc(OC2CCC2C)ccc1-c1nc2c(n1Cc1ccc(F)cc1)C(=O)N(CCCO)C(O)N2C(C)C. The molecule has 9 nitrogen and oxygen atoms in total. The van der Waals surface area contributed by atoms with E-state index in [-0.39, 0.29) is 43.6 Å². The fourth-order valence-corrected chi connectivity index (χ4v) is 5.24. The van der Waals surface area contributed by atoms with Gasteiger partial charge in [0.15, 0.2) is 11.5 Å². The Balaban J connectivity index is 1.63. The van der Waals surface area contributed by atoms with Crippen molar-refractivity contribution in [3.8, 4) is 17.3 Å². The van der Waals surface area contributed by atoms with Crippen molar-refractivity contribution in [1.29, 1.82) is 0 Å². The predicted octanol–water partition coefficient (Wildman–Crippen LogP) is 3.95. The van der Waals surface area contributed by atoms with Crippen molar-refractivity contribution in [2.75, 3.05) is 18.1 Å². The molecule has 3 heterocycles. The number of fused-ring (bicyclic) bond motifs is 1. The van der Waals surface area contributed by atoms with Crippen LogP contribution in [-0.4, -0.2) is 67.2 Å². The van der Waals surface area contributed by atoms with Crippen LogP contribution in [0.3, 0.4) is 0 Å². The summed E-state index contributed by atoms with van der Waals surface area (Å²) < 4.78 is 21.6. The first-order chi connectivity index (χ1) is 18.7. The molecule has 3 aromatic rings. The minimum absolute atomic E-state index is 0.107. The van der Waals surface area contributed by atoms with E-state index in [2.05, 4.69) is 6.92 Å². The highest BCUT2D eigenvalue weighted by atomic mass is 19.1. The van der Waals surface area contributed by atoms with E-state index in [9.17, 15) is 19.4 Å². The van der Waals surface area contributed by atoms with Crippen molar-refractivity contribution < 1.29 is 24.1 Å². The normalized spacial score (nSPS) is 20.8. The highest BCUT2D eigenvalue weighted by Gasteiger charge is 2.42. The number of imidazole rings is 1. The number of pyridine rings is 1. The number of hydrogen-bond donors (Lipinski definition) is 2. The molecule has 0 spiro atoms. The number of aromatic nitrogens is 3. The Labute approximate surface area is 227 Å². The number of ether oxygens (including phenoxy) is 1. The zero-order chi connectivity index (χ0) is 27.8. The minimum atomic E-state index is -1.22. The Kier molecular flexibility index (Phi) is 7.59. The van der Waals surface area contributed by atoms with Gasteiger partial charge in [0.2, 0.25) is 12.2 Å². The third-order valence-corrected chi connectivity index (χ3v) is 7.67. The van der Waals surface area contributed by atoms with Gasteiger partial charge in [-0.05, 0) is 69.7 Å². The topological polar surface area (TPSA) is 104 Å². The second-order valence-corrected chi connectivity index (χ2v) is 10.7. The average Bonchev–Trinajstić information content (AvgIpc) is 3.25. The van der Waals surface area contributed by atoms with Crippen LogP contribution in [0.5, 0.6) is 5.88 Å². The second kappa shape index (κ2) is 10.9. The number of amides is 1. The van der Waals surface area contributed by atoms with Crippen LogP contribution >= 0.6 is 0 Å². The molecular weight excluding hydrogens is 501 g/mol. The molecule has 39 heavy (non-hydrogen) atoms. The number of aryl methyl sites for hydroxylation is 1. The van der Waals surface area contributed by atoms with Gasteiger partial charge in [0.05, 0.1) is 5.69 Å². The summed E-state index contributed by atoms with van der Waals surface area (Å²) in [7, 11) is 0. The molecule has 1 fully saturated rings. The summed E-state index contributed by atoms with van der Waals surface area (Å²) in [6.07, 6.45) is 1.43. The van der Waals surface area contributed by atoms with E-state index in [0.29, 0.717) is 41.2 Å². The first kappa shape index (κ1) is 27.1. The van der Waals surface area contributed by atoms with Gasteiger partial charge in [-0.1, -0.05) is 19.1 Å². The van der Waals surface area contributed by atoms with Crippen molar-refractivity contribution >= 4 is 11.7 Å². The molecule has 1 amide bonds. The summed E-state index contributed by atoms with van der Waals surface area (Å²) in [6.45, 7) is 8.23. The van der Waals surface area contributed by atoms with Crippen LogP contribution in [0.25, 0.3) is 11.4 Å². The van der Waals surface area contributed by atoms with Crippen molar-refractivity contribution in [2.45, 2.75) is 72.0 Å². The predicted molar refractivity (Wildman–Crippen MR) is 145 cm³/mol. The molecule has 3 atom stereocenters. The van der Waals surface area contributed by atoms with Crippen LogP contribution < -0.4 is 9.64 Å². The standard InChI is InChI=1S/C29H36FN5O4/c1-17(2)35-27-25(28(37)33(29(35)38)14-5-15-36)34(16-20-7-9-21(30)10-8-20)26(32-27)22-11-13-24(31-19(22)4)39-23-12-6-18(23)3/h7-11,13,17-18,23,29,36,38H,5-6,12,14-16H2,1-4H3. The maximum Gasteiger partial charge on any atom is 0.277 e. The second-order valence-electron chi connectivity index (χ2n) is 10.7. The molecule has 0 radical (unpaired) electrons. The number of carbonyl (C=O) groups excluding carboxylic acids is 1. The zero-order valence-electron chi connectivity index (χ0n) is 22.8. The average molecular weight is 538 g/mol. The number of benzene rings is 1. The van der Waals surface area contributed by atoms with Crippen molar-refractivity contribution in [3.63, 3.8) is 0 Å². The Morgan fingerprint density at radius 2 is 1.87 bits per heavy atom. The van der Waals surface area contributed by atoms with Gasteiger partial charge in [0.25, 0.3) is 5.91 Å². The van der Waals surface area contributed by atoms with Crippen LogP contribution in [-0.2, 0) is 6.54 Å². The molecule has 2 aliphatic rings. The summed E-state index contributed by atoms with van der Waals surface area (Å²) in [5.41, 5.74) is 2.55. The molecule has 1 aliphatic carbocycles. The Morgan fingerprint density at radius 1 is 1.13 bits per heavy atom. The smallest absolute Gasteiger partial charge is 0.277 e. The molecule has 5 rings (SSSR count). The zero-order valence-corrected chi connectivity index (χ0v) is 22.8. The van der Waals surface area contributed by atoms with E-state index in [1.807, 2.05) is 37.5 Å². The summed E-state index contributed by atoms with van der Waals surface area (Å²) in [6, 6.07) is 9.69. The van der Waals surface area contributed by atoms with Crippen molar-refractivity contribution in [2.24, 2.45) is 5.92 Å². The molecule has 1 saturated carbocycles. The van der Waals surface area contributed by atoms with Gasteiger partial charge in [-0.25, -0.2) is 14.4 Å². The quantitative estimate of drug-likeness (QED) is 0.426. The fraction of sp³-hybridized carbons (Fsp3) is 0.483. The highest BCUT2D eigenvalue weighted by Crippen LogP contribution is 2.38. The maximum atomic E-state index is 13.8. The van der Waals surface area contributed by atoms with E-state index in [1.165, 1.54) is 17.0 Å². The van der Waals surface area contributed by atoms with E-state index in [0.717, 1.165) is 24.0 Å². The van der Waals surface area contributed by atoms with Gasteiger partial charge < -0.3 is 24.4 Å². The third-order valence-electron chi connectivity index (χ3n) is 7.67. The minimum Gasteiger partial charge on any atom is -0.474 e. The number of aliphatic hydroxyl groups is 2. The summed E-state index contributed by atoms with van der Waals surface area (Å²) in [5.74, 6) is 1.23. The van der Waals surface area contributed by atoms with Crippen LogP contribution in [0.15, 0.2) is 36.4 Å². The van der Waals surface area contributed by atoms with E-state index in [1.54, 1.807) is 17.0 Å². The maximum absolute atomic E-state index is 13.8. The van der Waals surface area contributed by atoms with Crippen LogP contribution in [0.4, 0.5) is 10.2 Å². The number of nitrogens with zero attached hydrogens (tertiary/aromatic N) is 5. The van der Waals surface area contributed by atoms with Gasteiger partial charge in [-0.3, -0.25) is 9.69 Å². The lowest BCUT2D eigenvalue weighted by Crippen LogP contribution is -2.58. The number of aliphatic hydroxyl groups excluding tert-OH is 2. The lowest BCUT2D eigenvalue weighted by molar-refractivity contribution is -0.00459. The summed E-state index contributed by atoms with van der Waals surface area (Å²) in [4.78, 5) is 26.5. The monoisotopic (exact) mass is 537 g/mol. The van der Waals surface area contributed by atoms with Crippen molar-refractivity contribution in [3.05, 3.63) is 59.2 Å². The van der Waals surface area contributed by atoms with Gasteiger partial charge in [-0.15, -0.1) is 0 Å². The van der Waals surface area contributed by atoms with E-state index < -0.39 is 6.35 Å². The number of rotatable bonds is 9. The van der Waals surface area contributed by atoms with Crippen LogP contribution in [0.1, 0.15) is 61.8 Å². The molecule has 1 aliphatic heterocycles. The molecule has 1 aromatic carbocycles. The Bertz CT molecular complexity index is 1340. The number of carbonyl (C=O) groups is 1. The molecule has 3 unspecified atom stereocenters. The van der Waals surface area contributed by atoms with Gasteiger partial charge in [0.1, 0.15) is 17.7 Å². The first-order valence-corrected chi connectivity index (χ1v) is 13.6. The first-order valence-electron chi connectivity index (χ1n) is 13.6. The molecule has 10 heteroatoms. The third kappa shape index (κ3) is 5.10. The van der Waals surface area contributed by atoms with Crippen LogP contribution in [0, 0.1) is 18.7 Å².